The van der Waals surface area contributed by atoms with E-state index in [2.05, 4.69) is 6.92 Å². The fourth-order valence-corrected chi connectivity index (χ4v) is 2.16. The highest BCUT2D eigenvalue weighted by Crippen LogP contribution is 2.30. The number of anilines is 1. The smallest absolute Gasteiger partial charge is 0.381 e. The van der Waals surface area contributed by atoms with Crippen LogP contribution < -0.4 is 4.90 Å². The van der Waals surface area contributed by atoms with Crippen molar-refractivity contribution < 1.29 is 22.7 Å². The Morgan fingerprint density at radius 1 is 1.17 bits per heavy atom. The van der Waals surface area contributed by atoms with Crippen LogP contribution in [0.5, 0.6) is 0 Å². The monoisotopic (exact) mass is 331 g/mol. The largest absolute Gasteiger partial charge is 0.491 e. The number of nitrogens with zero attached hydrogens (tertiary/aromatic N) is 1. The van der Waals surface area contributed by atoms with Crippen LogP contribution in [0.3, 0.4) is 0 Å². The highest BCUT2D eigenvalue weighted by Gasteiger charge is 2.43. The van der Waals surface area contributed by atoms with Crippen LogP contribution in [0, 0.1) is 5.92 Å². The van der Waals surface area contributed by atoms with E-state index < -0.39 is 18.1 Å². The molecule has 0 aliphatic carbocycles. The lowest BCUT2D eigenvalue weighted by molar-refractivity contribution is -0.152. The quantitative estimate of drug-likeness (QED) is 0.482. The van der Waals surface area contributed by atoms with E-state index in [4.69, 9.17) is 4.74 Å². The molecule has 0 radical (unpaired) electrons. The van der Waals surface area contributed by atoms with Crippen molar-refractivity contribution >= 4 is 11.6 Å². The lowest BCUT2D eigenvalue weighted by Gasteiger charge is -2.27. The molecule has 130 valence electrons. The molecular formula is C17H24F3NO2. The van der Waals surface area contributed by atoms with Gasteiger partial charge in [0.05, 0.1) is 5.69 Å². The van der Waals surface area contributed by atoms with Gasteiger partial charge in [0.1, 0.15) is 0 Å². The Kier molecular flexibility index (Phi) is 8.09. The van der Waals surface area contributed by atoms with E-state index in [1.165, 1.54) is 31.2 Å². The van der Waals surface area contributed by atoms with Crippen LogP contribution in [0.15, 0.2) is 30.3 Å². The molecule has 1 amide bonds. The summed E-state index contributed by atoms with van der Waals surface area (Å²) in [5, 5.41) is 0. The van der Waals surface area contributed by atoms with E-state index in [9.17, 15) is 18.0 Å². The van der Waals surface area contributed by atoms with Gasteiger partial charge in [0.2, 0.25) is 5.91 Å². The molecule has 23 heavy (non-hydrogen) atoms. The average Bonchev–Trinajstić information content (AvgIpc) is 2.50. The number of alkyl halides is 3. The summed E-state index contributed by atoms with van der Waals surface area (Å²) in [4.78, 5) is 12.1. The van der Waals surface area contributed by atoms with Gasteiger partial charge in [0.25, 0.3) is 0 Å². The van der Waals surface area contributed by atoms with Crippen molar-refractivity contribution in [2.45, 2.75) is 45.8 Å². The van der Waals surface area contributed by atoms with Crippen LogP contribution in [-0.4, -0.2) is 25.4 Å². The molecule has 0 aromatic heterocycles. The number of hydrogen-bond donors (Lipinski definition) is 0. The van der Waals surface area contributed by atoms with Crippen LogP contribution in [0.2, 0.25) is 0 Å². The van der Waals surface area contributed by atoms with Crippen LogP contribution in [-0.2, 0) is 9.53 Å². The molecule has 0 aliphatic rings. The highest BCUT2D eigenvalue weighted by molar-refractivity contribution is 5.95. The Labute approximate surface area is 135 Å². The number of unbranched alkanes of at least 4 members (excludes halogenated alkanes) is 1. The van der Waals surface area contributed by atoms with Gasteiger partial charge >= 0.3 is 6.30 Å². The van der Waals surface area contributed by atoms with Crippen molar-refractivity contribution in [3.8, 4) is 0 Å². The summed E-state index contributed by atoms with van der Waals surface area (Å²) in [5.41, 5.74) is -0.156. The maximum atomic E-state index is 13.2. The maximum absolute atomic E-state index is 13.2. The molecule has 0 spiro atoms. The topological polar surface area (TPSA) is 29.5 Å². The van der Waals surface area contributed by atoms with Crippen LogP contribution in [0.25, 0.3) is 0 Å². The van der Waals surface area contributed by atoms with E-state index >= 15 is 0 Å². The fraction of sp³-hybridized carbons (Fsp3) is 0.588. The number of ether oxygens (including phenoxy) is 1. The number of halogens is 3. The molecule has 0 fully saturated rings. The van der Waals surface area contributed by atoms with Crippen molar-refractivity contribution in [2.24, 2.45) is 5.92 Å². The van der Waals surface area contributed by atoms with E-state index in [1.807, 2.05) is 0 Å². The lowest BCUT2D eigenvalue weighted by Crippen LogP contribution is -2.45. The third kappa shape index (κ3) is 6.60. The SMILES string of the molecule is CCCCOCCCC(C)C(=O)N(c1ccccc1)C(F)(F)F. The Morgan fingerprint density at radius 2 is 1.78 bits per heavy atom. The van der Waals surface area contributed by atoms with E-state index in [0.717, 1.165) is 12.8 Å². The molecule has 0 saturated carbocycles. The lowest BCUT2D eigenvalue weighted by atomic mass is 10.0. The van der Waals surface area contributed by atoms with Gasteiger partial charge in [-0.25, -0.2) is 4.90 Å². The predicted octanol–water partition coefficient (Wildman–Crippen LogP) is 4.77. The molecular weight excluding hydrogens is 307 g/mol. The molecule has 0 bridgehead atoms. The molecule has 6 heteroatoms. The molecule has 1 aromatic carbocycles. The van der Waals surface area contributed by atoms with Crippen molar-refractivity contribution in [3.05, 3.63) is 30.3 Å². The normalized spacial score (nSPS) is 12.9. The second-order valence-electron chi connectivity index (χ2n) is 5.49. The number of hydrogen-bond acceptors (Lipinski definition) is 2. The van der Waals surface area contributed by atoms with Crippen molar-refractivity contribution in [3.63, 3.8) is 0 Å². The zero-order chi connectivity index (χ0) is 17.3. The molecule has 0 saturated heterocycles. The molecule has 1 aromatic rings. The molecule has 1 atom stereocenters. The number of carbonyl (C=O) groups is 1. The van der Waals surface area contributed by atoms with Crippen LogP contribution in [0.1, 0.15) is 39.5 Å². The zero-order valence-corrected chi connectivity index (χ0v) is 13.6. The summed E-state index contributed by atoms with van der Waals surface area (Å²) < 4.78 is 45.0. The molecule has 0 N–H and O–H groups in total. The Hall–Kier alpha value is -1.56. The number of para-hydroxylation sites is 1. The highest BCUT2D eigenvalue weighted by atomic mass is 19.4. The van der Waals surface area contributed by atoms with E-state index in [-0.39, 0.29) is 10.6 Å². The summed E-state index contributed by atoms with van der Waals surface area (Å²) in [5.74, 6) is -1.65. The first-order valence-electron chi connectivity index (χ1n) is 7.91. The van der Waals surface area contributed by atoms with Gasteiger partial charge in [-0.3, -0.25) is 4.79 Å². The van der Waals surface area contributed by atoms with Gasteiger partial charge in [-0.15, -0.1) is 13.2 Å². The number of amides is 1. The van der Waals surface area contributed by atoms with Gasteiger partial charge in [-0.05, 0) is 31.4 Å². The van der Waals surface area contributed by atoms with Crippen LogP contribution in [0.4, 0.5) is 18.9 Å². The summed E-state index contributed by atoms with van der Waals surface area (Å²) >= 11 is 0. The first-order valence-corrected chi connectivity index (χ1v) is 7.91. The fourth-order valence-electron chi connectivity index (χ4n) is 2.16. The van der Waals surface area contributed by atoms with Crippen molar-refractivity contribution in [2.75, 3.05) is 18.1 Å². The maximum Gasteiger partial charge on any atom is 0.491 e. The van der Waals surface area contributed by atoms with Crippen molar-refractivity contribution in [1.82, 2.24) is 0 Å². The third-order valence-corrected chi connectivity index (χ3v) is 3.48. The average molecular weight is 331 g/mol. The number of carbonyl (C=O) groups excluding carboxylic acids is 1. The van der Waals surface area contributed by atoms with E-state index in [0.29, 0.717) is 26.1 Å². The van der Waals surface area contributed by atoms with Gasteiger partial charge in [-0.1, -0.05) is 38.5 Å². The molecule has 1 unspecified atom stereocenters. The first kappa shape index (κ1) is 19.5. The van der Waals surface area contributed by atoms with Crippen molar-refractivity contribution in [1.29, 1.82) is 0 Å². The third-order valence-electron chi connectivity index (χ3n) is 3.48. The van der Waals surface area contributed by atoms with Gasteiger partial charge in [-0.2, -0.15) is 0 Å². The Balaban J connectivity index is 2.60. The second-order valence-corrected chi connectivity index (χ2v) is 5.49. The molecule has 0 aliphatic heterocycles. The van der Waals surface area contributed by atoms with Gasteiger partial charge < -0.3 is 4.74 Å². The summed E-state index contributed by atoms with van der Waals surface area (Å²) in [6.45, 7) is 4.70. The zero-order valence-electron chi connectivity index (χ0n) is 13.6. The van der Waals surface area contributed by atoms with E-state index in [1.54, 1.807) is 6.07 Å². The summed E-state index contributed by atoms with van der Waals surface area (Å²) in [6.07, 6.45) is -1.80. The molecule has 1 rings (SSSR count). The first-order chi connectivity index (χ1) is 10.9. The number of rotatable bonds is 9. The summed E-state index contributed by atoms with van der Waals surface area (Å²) in [7, 11) is 0. The second kappa shape index (κ2) is 9.55. The predicted molar refractivity (Wildman–Crippen MR) is 84.1 cm³/mol. The molecule has 0 heterocycles. The minimum Gasteiger partial charge on any atom is -0.381 e. The minimum atomic E-state index is -4.73. The molecule has 3 nitrogen and oxygen atoms in total. The minimum absolute atomic E-state index is 0.0738. The standard InChI is InChI=1S/C17H24F3NO2/c1-3-4-12-23-13-8-9-14(2)16(22)21(17(18,19)20)15-10-6-5-7-11-15/h5-7,10-11,14H,3-4,8-9,12-13H2,1-2H3. The van der Waals surface area contributed by atoms with Crippen LogP contribution >= 0.6 is 0 Å². The summed E-state index contributed by atoms with van der Waals surface area (Å²) in [6, 6.07) is 7.14. The van der Waals surface area contributed by atoms with Gasteiger partial charge in [0, 0.05) is 19.1 Å². The Bertz CT molecular complexity index is 463. The van der Waals surface area contributed by atoms with Gasteiger partial charge in [0.15, 0.2) is 0 Å². The Morgan fingerprint density at radius 3 is 2.35 bits per heavy atom. The number of benzene rings is 1.